The fourth-order valence-corrected chi connectivity index (χ4v) is 3.82. The lowest BCUT2D eigenvalue weighted by Gasteiger charge is -2.21. The summed E-state index contributed by atoms with van der Waals surface area (Å²) in [6.45, 7) is 5.53. The molecular formula is C22H30ClNO2S. The maximum absolute atomic E-state index is 12.4. The summed E-state index contributed by atoms with van der Waals surface area (Å²) in [6, 6.07) is 10.3. The molecule has 148 valence electrons. The Balaban J connectivity index is 2.02. The van der Waals surface area contributed by atoms with Crippen molar-refractivity contribution in [1.29, 1.82) is 0 Å². The maximum Gasteiger partial charge on any atom is 0.242 e. The van der Waals surface area contributed by atoms with Gasteiger partial charge in [0.1, 0.15) is 11.6 Å². The van der Waals surface area contributed by atoms with Crippen LogP contribution in [0.15, 0.2) is 35.7 Å². The number of hydrogen-bond acceptors (Lipinski definition) is 3. The first-order valence-corrected chi connectivity index (χ1v) is 11.2. The number of halogens is 1. The van der Waals surface area contributed by atoms with Gasteiger partial charge in [0.25, 0.3) is 0 Å². The molecule has 2 rings (SSSR count). The Morgan fingerprint density at radius 1 is 1.11 bits per heavy atom. The van der Waals surface area contributed by atoms with Crippen molar-refractivity contribution in [3.8, 4) is 5.75 Å². The Kier molecular flexibility index (Phi) is 9.71. The van der Waals surface area contributed by atoms with Crippen LogP contribution in [0.25, 0.3) is 0 Å². The Hall–Kier alpha value is -1.52. The van der Waals surface area contributed by atoms with Crippen LogP contribution in [0, 0.1) is 0 Å². The molecule has 0 spiro atoms. The first kappa shape index (κ1) is 21.8. The number of hydrogen-bond donors (Lipinski definition) is 0. The van der Waals surface area contributed by atoms with E-state index in [0.717, 1.165) is 29.2 Å². The van der Waals surface area contributed by atoms with Crippen molar-refractivity contribution in [2.75, 3.05) is 17.4 Å². The predicted octanol–water partition coefficient (Wildman–Crippen LogP) is 6.43. The molecule has 0 N–H and O–H groups in total. The van der Waals surface area contributed by atoms with Gasteiger partial charge >= 0.3 is 0 Å². The minimum Gasteiger partial charge on any atom is -0.493 e. The van der Waals surface area contributed by atoms with Crippen LogP contribution in [0.3, 0.4) is 0 Å². The standard InChI is InChI=1S/C22H30ClNO2S/c1-3-5-6-7-8-18-9-11-19(12-10-18)24(22(25)15-23)16-21-14-20(17-27-21)26-13-4-2/h9-12,14,17H,3-8,13,15-16H2,1-2H3. The summed E-state index contributed by atoms with van der Waals surface area (Å²) in [5.74, 6) is 0.762. The molecule has 3 nitrogen and oxygen atoms in total. The van der Waals surface area contributed by atoms with E-state index in [0.29, 0.717) is 13.2 Å². The van der Waals surface area contributed by atoms with E-state index >= 15 is 0 Å². The van der Waals surface area contributed by atoms with Gasteiger partial charge in [0.05, 0.1) is 13.2 Å². The van der Waals surface area contributed by atoms with Gasteiger partial charge in [-0.15, -0.1) is 22.9 Å². The summed E-state index contributed by atoms with van der Waals surface area (Å²) < 4.78 is 5.66. The largest absolute Gasteiger partial charge is 0.493 e. The van der Waals surface area contributed by atoms with Crippen LogP contribution in [-0.2, 0) is 17.8 Å². The molecule has 1 heterocycles. The number of anilines is 1. The van der Waals surface area contributed by atoms with E-state index < -0.39 is 0 Å². The summed E-state index contributed by atoms with van der Waals surface area (Å²) in [6.07, 6.45) is 7.10. The van der Waals surface area contributed by atoms with Crippen LogP contribution in [0.2, 0.25) is 0 Å². The molecule has 0 aliphatic rings. The van der Waals surface area contributed by atoms with E-state index in [1.165, 1.54) is 31.2 Å². The molecule has 0 unspecified atom stereocenters. The second-order valence-corrected chi connectivity index (χ2v) is 7.95. The van der Waals surface area contributed by atoms with Gasteiger partial charge in [-0.25, -0.2) is 0 Å². The SMILES string of the molecule is CCCCCCc1ccc(N(Cc2cc(OCCC)cs2)C(=O)CCl)cc1. The number of amides is 1. The smallest absolute Gasteiger partial charge is 0.242 e. The van der Waals surface area contributed by atoms with Crippen molar-refractivity contribution in [3.63, 3.8) is 0 Å². The highest BCUT2D eigenvalue weighted by Gasteiger charge is 2.16. The van der Waals surface area contributed by atoms with E-state index in [2.05, 4.69) is 26.0 Å². The van der Waals surface area contributed by atoms with Gasteiger partial charge in [-0.2, -0.15) is 0 Å². The summed E-state index contributed by atoms with van der Waals surface area (Å²) >= 11 is 7.46. The minimum absolute atomic E-state index is 0.0245. The first-order valence-electron chi connectivity index (χ1n) is 9.83. The zero-order chi connectivity index (χ0) is 19.5. The third-order valence-electron chi connectivity index (χ3n) is 4.40. The summed E-state index contributed by atoms with van der Waals surface area (Å²) in [7, 11) is 0. The summed E-state index contributed by atoms with van der Waals surface area (Å²) in [5, 5.41) is 1.99. The number of benzene rings is 1. The molecule has 0 fully saturated rings. The third kappa shape index (κ3) is 7.19. The van der Waals surface area contributed by atoms with E-state index in [9.17, 15) is 4.79 Å². The lowest BCUT2D eigenvalue weighted by atomic mass is 10.1. The highest BCUT2D eigenvalue weighted by Crippen LogP contribution is 2.26. The van der Waals surface area contributed by atoms with Gasteiger partial charge in [-0.1, -0.05) is 45.2 Å². The Labute approximate surface area is 172 Å². The number of ether oxygens (including phenoxy) is 1. The molecule has 0 aliphatic heterocycles. The van der Waals surface area contributed by atoms with Crippen molar-refractivity contribution >= 4 is 34.5 Å². The minimum atomic E-state index is -0.0863. The number of nitrogens with zero attached hydrogens (tertiary/aromatic N) is 1. The van der Waals surface area contributed by atoms with Gasteiger partial charge in [-0.3, -0.25) is 4.79 Å². The van der Waals surface area contributed by atoms with Crippen LogP contribution < -0.4 is 9.64 Å². The zero-order valence-electron chi connectivity index (χ0n) is 16.4. The van der Waals surface area contributed by atoms with Crippen molar-refractivity contribution in [3.05, 3.63) is 46.2 Å². The number of unbranched alkanes of at least 4 members (excludes halogenated alkanes) is 3. The second kappa shape index (κ2) is 12.0. The molecule has 1 aromatic heterocycles. The monoisotopic (exact) mass is 407 g/mol. The van der Waals surface area contributed by atoms with Crippen molar-refractivity contribution in [2.45, 2.75) is 58.9 Å². The predicted molar refractivity (Wildman–Crippen MR) is 116 cm³/mol. The normalized spacial score (nSPS) is 10.8. The van der Waals surface area contributed by atoms with Gasteiger partial charge in [0, 0.05) is 15.9 Å². The Bertz CT molecular complexity index is 684. The molecule has 2 aromatic rings. The van der Waals surface area contributed by atoms with Crippen LogP contribution in [0.5, 0.6) is 5.75 Å². The number of carbonyl (C=O) groups is 1. The molecular weight excluding hydrogens is 378 g/mol. The number of aryl methyl sites for hydroxylation is 1. The van der Waals surface area contributed by atoms with E-state index in [-0.39, 0.29) is 11.8 Å². The summed E-state index contributed by atoms with van der Waals surface area (Å²) in [4.78, 5) is 15.2. The Morgan fingerprint density at radius 3 is 2.56 bits per heavy atom. The fourth-order valence-electron chi connectivity index (χ4n) is 2.89. The maximum atomic E-state index is 12.4. The van der Waals surface area contributed by atoms with Crippen LogP contribution >= 0.6 is 22.9 Å². The molecule has 0 atom stereocenters. The van der Waals surface area contributed by atoms with Crippen molar-refractivity contribution in [2.24, 2.45) is 0 Å². The van der Waals surface area contributed by atoms with Gasteiger partial charge in [-0.05, 0) is 43.0 Å². The van der Waals surface area contributed by atoms with Crippen LogP contribution in [0.4, 0.5) is 5.69 Å². The summed E-state index contributed by atoms with van der Waals surface area (Å²) in [5.41, 5.74) is 2.21. The molecule has 0 saturated carbocycles. The topological polar surface area (TPSA) is 29.5 Å². The molecule has 1 amide bonds. The van der Waals surface area contributed by atoms with Gasteiger partial charge < -0.3 is 9.64 Å². The highest BCUT2D eigenvalue weighted by atomic mass is 35.5. The average molecular weight is 408 g/mol. The first-order chi connectivity index (χ1) is 13.2. The van der Waals surface area contributed by atoms with E-state index in [1.807, 2.05) is 23.6 Å². The van der Waals surface area contributed by atoms with Crippen molar-refractivity contribution in [1.82, 2.24) is 0 Å². The molecule has 1 aromatic carbocycles. The lowest BCUT2D eigenvalue weighted by Crippen LogP contribution is -2.31. The van der Waals surface area contributed by atoms with Gasteiger partial charge in [0.2, 0.25) is 5.91 Å². The number of rotatable bonds is 12. The van der Waals surface area contributed by atoms with E-state index in [1.54, 1.807) is 16.2 Å². The van der Waals surface area contributed by atoms with E-state index in [4.69, 9.17) is 16.3 Å². The fraction of sp³-hybridized carbons (Fsp3) is 0.500. The highest BCUT2D eigenvalue weighted by molar-refractivity contribution is 7.10. The van der Waals surface area contributed by atoms with Crippen LogP contribution in [-0.4, -0.2) is 18.4 Å². The molecule has 0 saturated heterocycles. The molecule has 0 aliphatic carbocycles. The van der Waals surface area contributed by atoms with Crippen LogP contribution in [0.1, 0.15) is 56.4 Å². The van der Waals surface area contributed by atoms with Crippen molar-refractivity contribution < 1.29 is 9.53 Å². The number of carbonyl (C=O) groups excluding carboxylic acids is 1. The number of thiophene rings is 1. The third-order valence-corrected chi connectivity index (χ3v) is 5.53. The molecule has 27 heavy (non-hydrogen) atoms. The average Bonchev–Trinajstić information content (AvgIpc) is 3.15. The zero-order valence-corrected chi connectivity index (χ0v) is 18.0. The molecule has 5 heteroatoms. The quantitative estimate of drug-likeness (QED) is 0.299. The Morgan fingerprint density at radius 2 is 1.89 bits per heavy atom. The molecule has 0 bridgehead atoms. The lowest BCUT2D eigenvalue weighted by molar-refractivity contribution is -0.116. The van der Waals surface area contributed by atoms with Gasteiger partial charge in [0.15, 0.2) is 0 Å². The second-order valence-electron chi connectivity index (χ2n) is 6.69. The number of alkyl halides is 1. The molecule has 0 radical (unpaired) electrons.